The summed E-state index contributed by atoms with van der Waals surface area (Å²) in [6.45, 7) is 0.425. The molecule has 0 radical (unpaired) electrons. The molecule has 0 aliphatic carbocycles. The van der Waals surface area contributed by atoms with Gasteiger partial charge in [0, 0.05) is 35.9 Å². The number of hydrogen-bond donors (Lipinski definition) is 3. The monoisotopic (exact) mass is 424 g/mol. The van der Waals surface area contributed by atoms with Gasteiger partial charge in [0.05, 0.1) is 0 Å². The van der Waals surface area contributed by atoms with Crippen LogP contribution in [0.2, 0.25) is 0 Å². The summed E-state index contributed by atoms with van der Waals surface area (Å²) in [5, 5.41) is 6.29. The first-order chi connectivity index (χ1) is 15.6. The van der Waals surface area contributed by atoms with Crippen molar-refractivity contribution in [1.82, 2.24) is 4.57 Å². The molecule has 0 saturated heterocycles. The zero-order chi connectivity index (χ0) is 22.3. The van der Waals surface area contributed by atoms with E-state index in [9.17, 15) is 9.59 Å². The van der Waals surface area contributed by atoms with Gasteiger partial charge in [0.15, 0.2) is 0 Å². The van der Waals surface area contributed by atoms with Crippen molar-refractivity contribution in [3.63, 3.8) is 0 Å². The molecule has 4 N–H and O–H groups in total. The molecule has 1 aromatic heterocycles. The Morgan fingerprint density at radius 2 is 1.59 bits per heavy atom. The minimum atomic E-state index is -0.597. The van der Waals surface area contributed by atoms with Crippen molar-refractivity contribution in [2.75, 3.05) is 10.6 Å². The van der Waals surface area contributed by atoms with Gasteiger partial charge in [-0.05, 0) is 53.6 Å². The quantitative estimate of drug-likeness (QED) is 0.417. The Morgan fingerprint density at radius 1 is 0.844 bits per heavy atom. The molecule has 0 fully saturated rings. The van der Waals surface area contributed by atoms with Gasteiger partial charge in [0.1, 0.15) is 6.04 Å². The number of amides is 1. The number of aromatic nitrogens is 1. The van der Waals surface area contributed by atoms with Crippen LogP contribution < -0.4 is 21.9 Å². The van der Waals surface area contributed by atoms with Gasteiger partial charge in [-0.1, -0.05) is 48.5 Å². The van der Waals surface area contributed by atoms with Gasteiger partial charge in [-0.25, -0.2) is 0 Å². The fraction of sp³-hybridized carbons (Fsp3) is 0.0769. The van der Waals surface area contributed by atoms with Crippen LogP contribution in [0.25, 0.3) is 5.69 Å². The normalized spacial score (nSPS) is 11.5. The molecule has 4 rings (SSSR count). The Bertz CT molecular complexity index is 1250. The number of nitrogens with one attached hydrogen (secondary N) is 2. The zero-order valence-electron chi connectivity index (χ0n) is 17.4. The molecule has 0 aliphatic rings. The van der Waals surface area contributed by atoms with Crippen LogP contribution in [0.4, 0.5) is 11.4 Å². The van der Waals surface area contributed by atoms with Crippen molar-refractivity contribution >= 4 is 17.3 Å². The molecule has 0 spiro atoms. The van der Waals surface area contributed by atoms with Crippen LogP contribution in [0.3, 0.4) is 0 Å². The number of hydrogen-bond acceptors (Lipinski definition) is 4. The summed E-state index contributed by atoms with van der Waals surface area (Å²) >= 11 is 0. The summed E-state index contributed by atoms with van der Waals surface area (Å²) in [7, 11) is 0. The summed E-state index contributed by atoms with van der Waals surface area (Å²) in [6, 6.07) is 28.8. The molecule has 0 bridgehead atoms. The molecule has 6 heteroatoms. The molecule has 160 valence electrons. The number of carbonyl (C=O) groups is 1. The van der Waals surface area contributed by atoms with Crippen LogP contribution in [0.1, 0.15) is 17.2 Å². The molecule has 6 nitrogen and oxygen atoms in total. The third kappa shape index (κ3) is 4.94. The lowest BCUT2D eigenvalue weighted by Gasteiger charge is -2.20. The van der Waals surface area contributed by atoms with Crippen molar-refractivity contribution in [3.8, 4) is 5.69 Å². The van der Waals surface area contributed by atoms with E-state index >= 15 is 0 Å². The first kappa shape index (κ1) is 21.1. The van der Waals surface area contributed by atoms with E-state index in [0.717, 1.165) is 22.5 Å². The molecule has 0 aliphatic heterocycles. The lowest BCUT2D eigenvalue weighted by atomic mass is 10.0. The molecule has 0 saturated carbocycles. The third-order valence-corrected chi connectivity index (χ3v) is 5.10. The van der Waals surface area contributed by atoms with E-state index in [1.165, 1.54) is 6.07 Å². The average molecular weight is 425 g/mol. The lowest BCUT2D eigenvalue weighted by Crippen LogP contribution is -2.27. The van der Waals surface area contributed by atoms with Gasteiger partial charge >= 0.3 is 0 Å². The van der Waals surface area contributed by atoms with Crippen LogP contribution in [-0.4, -0.2) is 10.5 Å². The molecule has 4 aromatic rings. The van der Waals surface area contributed by atoms with Crippen LogP contribution >= 0.6 is 0 Å². The first-order valence-electron chi connectivity index (χ1n) is 10.3. The van der Waals surface area contributed by atoms with E-state index in [-0.39, 0.29) is 11.5 Å². The second-order valence-corrected chi connectivity index (χ2v) is 7.34. The Morgan fingerprint density at radius 3 is 2.31 bits per heavy atom. The molecule has 1 heterocycles. The number of nitrogens with zero attached hydrogens (tertiary/aromatic N) is 1. The molecule has 3 aromatic carbocycles. The Kier molecular flexibility index (Phi) is 6.43. The van der Waals surface area contributed by atoms with Gasteiger partial charge in [0.2, 0.25) is 0 Å². The van der Waals surface area contributed by atoms with Crippen LogP contribution in [0.15, 0.2) is 108 Å². The minimum absolute atomic E-state index is 0.114. The number of pyridine rings is 1. The molecule has 32 heavy (non-hydrogen) atoms. The Labute approximate surface area is 186 Å². The van der Waals surface area contributed by atoms with Crippen molar-refractivity contribution in [2.24, 2.45) is 5.73 Å². The SMILES string of the molecule is NCc1cccc(N[C@H](C(=O)Nc2ccc(-n3ccccc3=O)cc2)c2ccccc2)c1. The topological polar surface area (TPSA) is 89.1 Å². The van der Waals surface area contributed by atoms with Crippen molar-refractivity contribution < 1.29 is 4.79 Å². The van der Waals surface area contributed by atoms with Gasteiger partial charge < -0.3 is 16.4 Å². The number of nitrogens with two attached hydrogens (primary N) is 1. The summed E-state index contributed by atoms with van der Waals surface area (Å²) in [5.41, 5.74) is 9.65. The highest BCUT2D eigenvalue weighted by atomic mass is 16.2. The molecule has 1 atom stereocenters. The highest BCUT2D eigenvalue weighted by Gasteiger charge is 2.21. The Hall–Kier alpha value is -4.16. The highest BCUT2D eigenvalue weighted by Crippen LogP contribution is 2.23. The number of rotatable bonds is 7. The molecular weight excluding hydrogens is 400 g/mol. The summed E-state index contributed by atoms with van der Waals surface area (Å²) in [5.74, 6) is -0.195. The molecule has 0 unspecified atom stereocenters. The maximum absolute atomic E-state index is 13.2. The standard InChI is InChI=1S/C26H24N4O2/c27-18-19-7-6-10-22(17-19)28-25(20-8-2-1-3-9-20)26(32)29-21-12-14-23(15-13-21)30-16-5-4-11-24(30)31/h1-17,25,28H,18,27H2,(H,29,32)/t25-/m0/s1. The van der Waals surface area contributed by atoms with Crippen LogP contribution in [-0.2, 0) is 11.3 Å². The minimum Gasteiger partial charge on any atom is -0.370 e. The van der Waals surface area contributed by atoms with E-state index in [1.807, 2.05) is 54.6 Å². The van der Waals surface area contributed by atoms with E-state index in [1.54, 1.807) is 47.2 Å². The summed E-state index contributed by atoms with van der Waals surface area (Å²) < 4.78 is 1.55. The molecule has 1 amide bonds. The van der Waals surface area contributed by atoms with E-state index in [4.69, 9.17) is 5.73 Å². The maximum atomic E-state index is 13.2. The van der Waals surface area contributed by atoms with Crippen molar-refractivity contribution in [1.29, 1.82) is 0 Å². The predicted molar refractivity (Wildman–Crippen MR) is 128 cm³/mol. The largest absolute Gasteiger partial charge is 0.370 e. The smallest absolute Gasteiger partial charge is 0.255 e. The summed E-state index contributed by atoms with van der Waals surface area (Å²) in [6.07, 6.45) is 1.71. The second-order valence-electron chi connectivity index (χ2n) is 7.34. The lowest BCUT2D eigenvalue weighted by molar-refractivity contribution is -0.117. The van der Waals surface area contributed by atoms with Gasteiger partial charge in [0.25, 0.3) is 11.5 Å². The molecular formula is C26H24N4O2. The number of benzene rings is 3. The fourth-order valence-corrected chi connectivity index (χ4v) is 3.46. The van der Waals surface area contributed by atoms with Crippen LogP contribution in [0, 0.1) is 0 Å². The van der Waals surface area contributed by atoms with Crippen molar-refractivity contribution in [3.05, 3.63) is 125 Å². The average Bonchev–Trinajstić information content (AvgIpc) is 2.84. The van der Waals surface area contributed by atoms with E-state index < -0.39 is 6.04 Å². The van der Waals surface area contributed by atoms with Gasteiger partial charge in [-0.3, -0.25) is 14.2 Å². The van der Waals surface area contributed by atoms with Gasteiger partial charge in [-0.2, -0.15) is 0 Å². The van der Waals surface area contributed by atoms with Crippen LogP contribution in [0.5, 0.6) is 0 Å². The predicted octanol–water partition coefficient (Wildman–Crippen LogP) is 4.09. The summed E-state index contributed by atoms with van der Waals surface area (Å²) in [4.78, 5) is 25.3. The van der Waals surface area contributed by atoms with E-state index in [2.05, 4.69) is 10.6 Å². The van der Waals surface area contributed by atoms with Crippen molar-refractivity contribution in [2.45, 2.75) is 12.6 Å². The zero-order valence-corrected chi connectivity index (χ0v) is 17.4. The highest BCUT2D eigenvalue weighted by molar-refractivity contribution is 5.97. The fourth-order valence-electron chi connectivity index (χ4n) is 3.46. The van der Waals surface area contributed by atoms with E-state index in [0.29, 0.717) is 12.2 Å². The number of carbonyl (C=O) groups excluding carboxylic acids is 1. The van der Waals surface area contributed by atoms with Gasteiger partial charge in [-0.15, -0.1) is 0 Å². The maximum Gasteiger partial charge on any atom is 0.255 e. The Balaban J connectivity index is 1.56. The first-order valence-corrected chi connectivity index (χ1v) is 10.3. The number of anilines is 2. The second kappa shape index (κ2) is 9.76. The third-order valence-electron chi connectivity index (χ3n) is 5.10.